The Morgan fingerprint density at radius 3 is 1.33 bits per heavy atom. The molecule has 42 heteroatoms. The maximum Gasteiger partial charge on any atom is 0.509 e. The molecule has 32 nitrogen and oxygen atoms in total. The van der Waals surface area contributed by atoms with Crippen LogP contribution < -0.4 is 31.5 Å². The zero-order chi connectivity index (χ0) is 80.9. The molecule has 10 aromatic rings. The van der Waals surface area contributed by atoms with Gasteiger partial charge < -0.3 is 52.5 Å². The number of nitrogens with zero attached hydrogens (tertiary/aromatic N) is 12. The molecule has 113 heavy (non-hydrogen) atoms. The molecule has 0 radical (unpaired) electrons. The first-order chi connectivity index (χ1) is 53.8. The lowest BCUT2D eigenvalue weighted by molar-refractivity contribution is -0.153. The highest BCUT2D eigenvalue weighted by atomic mass is 35.5. The fourth-order valence-electron chi connectivity index (χ4n) is 10.6. The van der Waals surface area contributed by atoms with E-state index in [9.17, 15) is 38.7 Å². The number of halogens is 10. The predicted molar refractivity (Wildman–Crippen MR) is 393 cm³/mol. The first-order valence-corrected chi connectivity index (χ1v) is 35.5. The fourth-order valence-corrected chi connectivity index (χ4v) is 11.7. The highest BCUT2D eigenvalue weighted by Crippen LogP contribution is 2.46. The van der Waals surface area contributed by atoms with Crippen LogP contribution in [0.2, 0.25) is 30.4 Å². The molecule has 2 fully saturated rings. The van der Waals surface area contributed by atoms with Crippen molar-refractivity contribution in [3.63, 3.8) is 0 Å². The predicted octanol–water partition coefficient (Wildman–Crippen LogP) is 12.3. The Morgan fingerprint density at radius 2 is 0.912 bits per heavy atom. The van der Waals surface area contributed by atoms with E-state index in [1.807, 2.05) is 60.7 Å². The minimum Gasteiger partial charge on any atom is -0.465 e. The van der Waals surface area contributed by atoms with E-state index < -0.39 is 128 Å². The van der Waals surface area contributed by atoms with Crippen molar-refractivity contribution in [1.82, 2.24) is 59.1 Å². The van der Waals surface area contributed by atoms with Gasteiger partial charge in [0.25, 0.3) is 0 Å². The number of aromatic nitrogens is 12. The number of aliphatic hydroxyl groups excluding tert-OH is 1. The third-order valence-corrected chi connectivity index (χ3v) is 17.7. The summed E-state index contributed by atoms with van der Waals surface area (Å²) in [4.78, 5) is 106. The van der Waals surface area contributed by atoms with Crippen LogP contribution in [0.3, 0.4) is 0 Å². The van der Waals surface area contributed by atoms with E-state index in [1.165, 1.54) is 54.7 Å². The third kappa shape index (κ3) is 21.6. The minimum absolute atomic E-state index is 0.00421. The smallest absolute Gasteiger partial charge is 0.465 e. The van der Waals surface area contributed by atoms with E-state index in [2.05, 4.69) is 51.2 Å². The van der Waals surface area contributed by atoms with Crippen LogP contribution in [0.5, 0.6) is 11.8 Å². The number of pyridine rings is 2. The minimum atomic E-state index is -4.22. The number of rotatable bonds is 25. The molecule has 6 aromatic heterocycles. The third-order valence-electron chi connectivity index (χ3n) is 15.8. The second kappa shape index (κ2) is 36.6. The second-order valence-electron chi connectivity index (χ2n) is 25.2. The van der Waals surface area contributed by atoms with Crippen LogP contribution in [0.25, 0.3) is 22.5 Å². The van der Waals surface area contributed by atoms with Crippen molar-refractivity contribution in [1.29, 1.82) is 0 Å². The van der Waals surface area contributed by atoms with Gasteiger partial charge in [0, 0.05) is 12.4 Å². The van der Waals surface area contributed by atoms with Gasteiger partial charge in [-0.15, -0.1) is 10.2 Å². The fraction of sp³-hybridized carbons (Fsp3) is 0.282. The molecule has 0 aliphatic carbocycles. The number of amides is 2. The number of carbonyl (C=O) groups excluding carboxylic acids is 5. The molecular weight excluding hydrogens is 1630 g/mol. The average Bonchev–Trinajstić information content (AvgIpc) is 1.61. The number of esters is 2. The number of alkyl halides is 4. The van der Waals surface area contributed by atoms with Gasteiger partial charge >= 0.3 is 53.5 Å². The van der Waals surface area contributed by atoms with Gasteiger partial charge in [0.2, 0.25) is 30.3 Å². The van der Waals surface area contributed by atoms with Crippen molar-refractivity contribution >= 4 is 112 Å². The number of anilines is 2. The molecule has 2 aliphatic rings. The molecule has 12 rings (SSSR count). The molecule has 0 saturated carbocycles. The van der Waals surface area contributed by atoms with Crippen LogP contribution in [0, 0.1) is 0 Å². The Balaban J connectivity index is 0.000000225. The summed E-state index contributed by atoms with van der Waals surface area (Å²) in [5.41, 5.74) is -0.988. The summed E-state index contributed by atoms with van der Waals surface area (Å²) in [6.07, 6.45) is -12.5. The summed E-state index contributed by atoms with van der Waals surface area (Å²) in [6, 6.07) is 38.3. The van der Waals surface area contributed by atoms with Crippen molar-refractivity contribution in [2.24, 2.45) is 0 Å². The average molecular weight is 1690 g/mol. The number of carbonyl (C=O) groups is 5. The van der Waals surface area contributed by atoms with Crippen LogP contribution in [-0.4, -0.2) is 163 Å². The van der Waals surface area contributed by atoms with Crippen LogP contribution in [0.4, 0.5) is 43.6 Å². The number of hydrogen-bond acceptors (Lipinski definition) is 26. The molecular formula is C71H60Cl6F4N14O18. The molecule has 6 atom stereocenters. The standard InChI is InChI=1S/C38H34Cl3F2N7O10.C33H26Cl3F2N7O8/c1-37(2,3)60-36(54)59-29-27(19-55-28(51)20-56-32-25(40)14-24(39)30(41)44-32)58-33(38(29,42)43)50-16-23(26-17-49(48-47-26)15-21-10-6-4-7-11-21)31(45-34(50)52)46-35(53)57-18-22-12-8-5-9-13-22;34-21-11-22(35)29(39-27(21)36)51-17-25(46)50-16-24-26(47)33(37,38)30(53-24)45-13-20(23-14-44(43-42-23)12-18-7-3-1-4-8-18)28(40-31(45)48)41-32(49)52-15-19-9-5-2-6-10-19/h4-14,16-17,27,29,33H,15,18-20H2,1-3H3,(H,45,46,52,53);1-11,13-14,24,26,30,47H,12,15-17H2,(H,40,41,48,49)/t27?,29?,33-;24?,26?,30-/m11/s1. The number of nitrogens with one attached hydrogen (secondary N) is 2. The first kappa shape index (κ1) is 82.9. The van der Waals surface area contributed by atoms with E-state index in [0.29, 0.717) is 20.3 Å². The Labute approximate surface area is 665 Å². The van der Waals surface area contributed by atoms with Gasteiger partial charge in [-0.25, -0.2) is 42.9 Å². The maximum atomic E-state index is 16.6. The Morgan fingerprint density at radius 1 is 0.522 bits per heavy atom. The van der Waals surface area contributed by atoms with E-state index in [0.717, 1.165) is 23.5 Å². The first-order valence-electron chi connectivity index (χ1n) is 33.2. The molecule has 592 valence electrons. The lowest BCUT2D eigenvalue weighted by Crippen LogP contribution is -2.45. The Kier molecular flexibility index (Phi) is 26.8. The van der Waals surface area contributed by atoms with Gasteiger partial charge in [-0.05, 0) is 55.2 Å². The highest BCUT2D eigenvalue weighted by molar-refractivity contribution is 6.43. The lowest BCUT2D eigenvalue weighted by Gasteiger charge is -2.26. The van der Waals surface area contributed by atoms with Gasteiger partial charge in [0.1, 0.15) is 65.7 Å². The molecule has 3 N–H and O–H groups in total. The summed E-state index contributed by atoms with van der Waals surface area (Å²) in [5.74, 6) is -11.8. The summed E-state index contributed by atoms with van der Waals surface area (Å²) >= 11 is 35.4. The van der Waals surface area contributed by atoms with E-state index in [-0.39, 0.29) is 96.8 Å². The van der Waals surface area contributed by atoms with E-state index in [1.54, 1.807) is 60.7 Å². The molecule has 4 unspecified atom stereocenters. The van der Waals surface area contributed by atoms with Crippen molar-refractivity contribution in [3.8, 4) is 34.3 Å². The van der Waals surface area contributed by atoms with Crippen molar-refractivity contribution in [2.45, 2.75) is 101 Å². The SMILES string of the molecule is CC(C)(C)OC(=O)OC1C(COC(=O)COc2nc(Cl)c(Cl)cc2Cl)O[C@@H](n2cc(-c3cn(Cc4ccccc4)nn3)c(NC(=O)OCc3ccccc3)nc2=O)C1(F)F.O=C(COc1nc(Cl)c(Cl)cc1Cl)OCC1O[C@@H](n2cc(-c3cn(Cc4ccccc4)nn3)c(NC(=O)OCc3ccccc3)nc2=O)C(F)(F)C1O. The number of ether oxygens (including phenoxy) is 10. The van der Waals surface area contributed by atoms with Crippen LogP contribution in [-0.2, 0) is 73.8 Å². The monoisotopic (exact) mass is 1680 g/mol. The summed E-state index contributed by atoms with van der Waals surface area (Å²) < 4.78 is 120. The van der Waals surface area contributed by atoms with E-state index >= 15 is 17.6 Å². The van der Waals surface area contributed by atoms with Crippen molar-refractivity contribution in [2.75, 3.05) is 37.1 Å². The van der Waals surface area contributed by atoms with Gasteiger partial charge in [-0.2, -0.15) is 37.5 Å². The van der Waals surface area contributed by atoms with Crippen LogP contribution in [0.15, 0.2) is 168 Å². The maximum absolute atomic E-state index is 16.6. The van der Waals surface area contributed by atoms with Crippen LogP contribution >= 0.6 is 69.6 Å². The largest absolute Gasteiger partial charge is 0.509 e. The van der Waals surface area contributed by atoms with Crippen molar-refractivity contribution in [3.05, 3.63) is 232 Å². The number of benzene rings is 4. The van der Waals surface area contributed by atoms with Gasteiger partial charge in [-0.1, -0.05) is 201 Å². The highest BCUT2D eigenvalue weighted by Gasteiger charge is 2.64. The zero-order valence-corrected chi connectivity index (χ0v) is 63.2. The van der Waals surface area contributed by atoms with Crippen molar-refractivity contribution < 1.29 is 94.0 Å². The van der Waals surface area contributed by atoms with Gasteiger partial charge in [0.15, 0.2) is 41.3 Å². The normalized spacial score (nSPS) is 17.4. The summed E-state index contributed by atoms with van der Waals surface area (Å²) in [7, 11) is 0. The number of hydrogen-bond donors (Lipinski definition) is 3. The second-order valence-corrected chi connectivity index (χ2v) is 27.6. The zero-order valence-electron chi connectivity index (χ0n) is 58.7. The van der Waals surface area contributed by atoms with E-state index in [4.69, 9.17) is 117 Å². The molecule has 8 heterocycles. The Bertz CT molecular complexity index is 5200. The van der Waals surface area contributed by atoms with Gasteiger partial charge in [0.05, 0.1) is 46.7 Å². The number of aliphatic hydroxyl groups is 1. The summed E-state index contributed by atoms with van der Waals surface area (Å²) in [6.45, 7) is 1.28. The molecule has 2 saturated heterocycles. The topological polar surface area (TPSA) is 379 Å². The quantitative estimate of drug-likeness (QED) is 0.0207. The Hall–Kier alpha value is -11.1. The molecule has 2 amide bonds. The molecule has 0 bridgehead atoms. The van der Waals surface area contributed by atoms with Crippen LogP contribution in [0.1, 0.15) is 55.5 Å². The molecule has 2 aliphatic heterocycles. The molecule has 0 spiro atoms. The molecule has 4 aromatic carbocycles. The summed E-state index contributed by atoms with van der Waals surface area (Å²) in [5, 5.41) is 31.3. The lowest BCUT2D eigenvalue weighted by atomic mass is 10.1. The van der Waals surface area contributed by atoms with Gasteiger partial charge in [-0.3, -0.25) is 19.8 Å².